The molecule has 0 saturated heterocycles. The summed E-state index contributed by atoms with van der Waals surface area (Å²) in [4.78, 5) is 11.7. The van der Waals surface area contributed by atoms with Crippen LogP contribution < -0.4 is 9.46 Å². The molecule has 0 spiro atoms. The Morgan fingerprint density at radius 3 is 2.43 bits per heavy atom. The maximum atomic E-state index is 12.0. The van der Waals surface area contributed by atoms with E-state index in [-0.39, 0.29) is 17.6 Å². The highest BCUT2D eigenvalue weighted by Crippen LogP contribution is 2.20. The quantitative estimate of drug-likeness (QED) is 0.860. The van der Waals surface area contributed by atoms with Crippen molar-refractivity contribution in [2.24, 2.45) is 0 Å². The van der Waals surface area contributed by atoms with E-state index in [2.05, 4.69) is 0 Å². The number of rotatable bonds is 6. The molecular weight excluding hydrogens is 294 g/mol. The van der Waals surface area contributed by atoms with Crippen molar-refractivity contribution in [1.29, 1.82) is 0 Å². The van der Waals surface area contributed by atoms with Gasteiger partial charge in [0.15, 0.2) is 0 Å². The van der Waals surface area contributed by atoms with Crippen LogP contribution in [-0.2, 0) is 19.6 Å². The molecule has 0 radical (unpaired) electrons. The van der Waals surface area contributed by atoms with Gasteiger partial charge in [-0.3, -0.25) is 4.79 Å². The van der Waals surface area contributed by atoms with Gasteiger partial charge in [-0.15, -0.1) is 0 Å². The lowest BCUT2D eigenvalue weighted by Crippen LogP contribution is -2.34. The minimum absolute atomic E-state index is 0.0116. The van der Waals surface area contributed by atoms with Crippen molar-refractivity contribution in [2.45, 2.75) is 36.7 Å². The van der Waals surface area contributed by atoms with Crippen LogP contribution >= 0.6 is 0 Å². The van der Waals surface area contributed by atoms with E-state index < -0.39 is 15.9 Å². The third-order valence-corrected chi connectivity index (χ3v) is 4.76. The van der Waals surface area contributed by atoms with Crippen LogP contribution in [0.2, 0.25) is 0 Å². The molecule has 1 aromatic rings. The van der Waals surface area contributed by atoms with Gasteiger partial charge in [-0.1, -0.05) is 12.8 Å². The van der Waals surface area contributed by atoms with Crippen molar-refractivity contribution in [2.75, 3.05) is 13.7 Å². The highest BCUT2D eigenvalue weighted by molar-refractivity contribution is 7.90. The predicted octanol–water partition coefficient (Wildman–Crippen LogP) is 1.46. The van der Waals surface area contributed by atoms with Crippen molar-refractivity contribution in [3.63, 3.8) is 0 Å². The molecule has 1 saturated carbocycles. The average Bonchev–Trinajstić information content (AvgIpc) is 2.98. The Labute approximate surface area is 124 Å². The Balaban J connectivity index is 1.90. The highest BCUT2D eigenvalue weighted by atomic mass is 32.2. The van der Waals surface area contributed by atoms with Crippen LogP contribution in [0, 0.1) is 0 Å². The summed E-state index contributed by atoms with van der Waals surface area (Å²) >= 11 is 0. The monoisotopic (exact) mass is 313 g/mol. The summed E-state index contributed by atoms with van der Waals surface area (Å²) in [6.07, 6.45) is 4.11. The van der Waals surface area contributed by atoms with Crippen LogP contribution in [0.1, 0.15) is 25.7 Å². The number of ether oxygens (including phenoxy) is 2. The van der Waals surface area contributed by atoms with Gasteiger partial charge >= 0.3 is 0 Å². The van der Waals surface area contributed by atoms with Crippen molar-refractivity contribution in [3.05, 3.63) is 24.3 Å². The molecule has 0 unspecified atom stereocenters. The van der Waals surface area contributed by atoms with Gasteiger partial charge in [-0.2, -0.15) is 0 Å². The maximum absolute atomic E-state index is 12.0. The van der Waals surface area contributed by atoms with E-state index >= 15 is 0 Å². The van der Waals surface area contributed by atoms with Crippen LogP contribution in [0.5, 0.6) is 5.75 Å². The Hall–Kier alpha value is -1.60. The third kappa shape index (κ3) is 4.44. The zero-order valence-corrected chi connectivity index (χ0v) is 12.7. The summed E-state index contributed by atoms with van der Waals surface area (Å²) < 4.78 is 36.4. The summed E-state index contributed by atoms with van der Waals surface area (Å²) in [6.45, 7) is -0.236. The zero-order valence-electron chi connectivity index (χ0n) is 11.9. The van der Waals surface area contributed by atoms with E-state index in [0.29, 0.717) is 5.75 Å². The minimum Gasteiger partial charge on any atom is -0.497 e. The van der Waals surface area contributed by atoms with Crippen LogP contribution in [0.15, 0.2) is 29.2 Å². The van der Waals surface area contributed by atoms with Crippen molar-refractivity contribution < 1.29 is 22.7 Å². The van der Waals surface area contributed by atoms with Crippen molar-refractivity contribution in [3.8, 4) is 5.75 Å². The van der Waals surface area contributed by atoms with Crippen LogP contribution in [0.3, 0.4) is 0 Å². The predicted molar refractivity (Wildman–Crippen MR) is 76.5 cm³/mol. The van der Waals surface area contributed by atoms with Gasteiger partial charge in [-0.25, -0.2) is 13.1 Å². The van der Waals surface area contributed by atoms with E-state index in [4.69, 9.17) is 9.47 Å². The van der Waals surface area contributed by atoms with Crippen LogP contribution in [-0.4, -0.2) is 34.1 Å². The minimum atomic E-state index is -3.87. The Morgan fingerprint density at radius 2 is 1.86 bits per heavy atom. The van der Waals surface area contributed by atoms with Gasteiger partial charge in [0.25, 0.3) is 15.9 Å². The van der Waals surface area contributed by atoms with Gasteiger partial charge in [0.05, 0.1) is 18.1 Å². The highest BCUT2D eigenvalue weighted by Gasteiger charge is 2.20. The fourth-order valence-corrected chi connectivity index (χ4v) is 3.21. The number of benzene rings is 1. The van der Waals surface area contributed by atoms with Crippen molar-refractivity contribution in [1.82, 2.24) is 4.72 Å². The molecule has 7 heteroatoms. The molecule has 1 aliphatic carbocycles. The fourth-order valence-electron chi connectivity index (χ4n) is 2.24. The van der Waals surface area contributed by atoms with E-state index in [1.165, 1.54) is 31.4 Å². The summed E-state index contributed by atoms with van der Waals surface area (Å²) in [6, 6.07) is 5.81. The molecule has 2 rings (SSSR count). The maximum Gasteiger partial charge on any atom is 0.264 e. The van der Waals surface area contributed by atoms with Gasteiger partial charge in [-0.05, 0) is 37.1 Å². The normalized spacial score (nSPS) is 15.9. The second-order valence-corrected chi connectivity index (χ2v) is 6.60. The number of methoxy groups -OCH3 is 1. The number of hydrogen-bond acceptors (Lipinski definition) is 5. The summed E-state index contributed by atoms with van der Waals surface area (Å²) in [5.74, 6) is -0.109. The smallest absolute Gasteiger partial charge is 0.264 e. The largest absolute Gasteiger partial charge is 0.497 e. The molecule has 0 aromatic heterocycles. The van der Waals surface area contributed by atoms with Gasteiger partial charge in [0.1, 0.15) is 12.4 Å². The van der Waals surface area contributed by atoms with E-state index in [1.807, 2.05) is 4.72 Å². The lowest BCUT2D eigenvalue weighted by Gasteiger charge is -2.11. The molecule has 0 heterocycles. The van der Waals surface area contributed by atoms with Crippen molar-refractivity contribution >= 4 is 15.9 Å². The molecule has 116 valence electrons. The summed E-state index contributed by atoms with van der Waals surface area (Å²) in [5.41, 5.74) is 0. The van der Waals surface area contributed by atoms with E-state index in [9.17, 15) is 13.2 Å². The van der Waals surface area contributed by atoms with Crippen LogP contribution in [0.4, 0.5) is 0 Å². The molecule has 0 aliphatic heterocycles. The average molecular weight is 313 g/mol. The molecular formula is C14H19NO5S. The topological polar surface area (TPSA) is 81.7 Å². The number of sulfonamides is 1. The lowest BCUT2D eigenvalue weighted by atomic mass is 10.3. The lowest BCUT2D eigenvalue weighted by molar-refractivity contribution is -0.125. The number of amides is 1. The van der Waals surface area contributed by atoms with E-state index in [1.54, 1.807) is 0 Å². The molecule has 21 heavy (non-hydrogen) atoms. The number of nitrogens with one attached hydrogen (secondary N) is 1. The molecule has 0 atom stereocenters. The molecule has 1 fully saturated rings. The first-order chi connectivity index (χ1) is 10.0. The van der Waals surface area contributed by atoms with Crippen LogP contribution in [0.25, 0.3) is 0 Å². The molecule has 1 aromatic carbocycles. The first-order valence-corrected chi connectivity index (χ1v) is 8.31. The molecule has 1 aliphatic rings. The standard InChI is InChI=1S/C14H19NO5S/c1-19-11-6-8-13(9-7-11)21(17,18)15-14(16)10-20-12-4-2-3-5-12/h6-9,12H,2-5,10H2,1H3,(H,15,16). The SMILES string of the molecule is COc1ccc(S(=O)(=O)NC(=O)COC2CCCC2)cc1. The first-order valence-electron chi connectivity index (χ1n) is 6.82. The second kappa shape index (κ2) is 6.91. The second-order valence-electron chi connectivity index (χ2n) is 4.92. The summed E-state index contributed by atoms with van der Waals surface area (Å²) in [5, 5.41) is 0. The number of carbonyl (C=O) groups is 1. The van der Waals surface area contributed by atoms with Gasteiger partial charge < -0.3 is 9.47 Å². The molecule has 1 amide bonds. The Morgan fingerprint density at radius 1 is 1.24 bits per heavy atom. The zero-order chi connectivity index (χ0) is 15.3. The van der Waals surface area contributed by atoms with Gasteiger partial charge in [0, 0.05) is 0 Å². The van der Waals surface area contributed by atoms with E-state index in [0.717, 1.165) is 25.7 Å². The number of carbonyl (C=O) groups excluding carboxylic acids is 1. The first kappa shape index (κ1) is 15.8. The third-order valence-electron chi connectivity index (χ3n) is 3.37. The molecule has 0 bridgehead atoms. The summed E-state index contributed by atoms with van der Waals surface area (Å²) in [7, 11) is -2.37. The van der Waals surface area contributed by atoms with Gasteiger partial charge in [0.2, 0.25) is 0 Å². The Kier molecular flexibility index (Phi) is 5.19. The molecule has 1 N–H and O–H groups in total. The fraction of sp³-hybridized carbons (Fsp3) is 0.500. The molecule has 6 nitrogen and oxygen atoms in total. The Bertz CT molecular complexity index is 576. The number of hydrogen-bond donors (Lipinski definition) is 1.